The summed E-state index contributed by atoms with van der Waals surface area (Å²) in [5, 5.41) is 11.0. The topological polar surface area (TPSA) is 61.7 Å². The Bertz CT molecular complexity index is 2390. The number of hydrogen-bond donors (Lipinski definition) is 1. The van der Waals surface area contributed by atoms with Gasteiger partial charge in [-0.25, -0.2) is 9.98 Å². The van der Waals surface area contributed by atoms with Gasteiger partial charge in [-0.3, -0.25) is 5.41 Å². The molecule has 0 saturated carbocycles. The van der Waals surface area contributed by atoms with Crippen molar-refractivity contribution in [3.8, 4) is 0 Å². The molecular weight excluding hydrogens is 611 g/mol. The van der Waals surface area contributed by atoms with E-state index in [-0.39, 0.29) is 17.2 Å². The predicted molar refractivity (Wildman–Crippen MR) is 209 cm³/mol. The number of benzene rings is 5. The molecule has 2 unspecified atom stereocenters. The summed E-state index contributed by atoms with van der Waals surface area (Å²) in [6.07, 6.45) is 19.3. The molecule has 6 aromatic rings. The standard InChI is InChI=1S/C46H37N3O/c1-46(38-18-9-4-10-19-38)29-27-33(28-30-46)32-23-25-36(26-24-32)45(49-44(47)35-15-7-3-8-16-35)48-31-37-17-11-21-40-42(37)43-39(20-12-22-41(43)50-40)34-13-5-2-6-14-34/h2-13,15-29,31,34,47H,14,30H2,1H3/b47-44?,48-31+,49-45-. The second kappa shape index (κ2) is 13.4. The molecule has 2 aliphatic rings. The van der Waals surface area contributed by atoms with Crippen molar-refractivity contribution in [1.29, 1.82) is 5.41 Å². The lowest BCUT2D eigenvalue weighted by Gasteiger charge is -2.28. The first-order valence-corrected chi connectivity index (χ1v) is 17.2. The van der Waals surface area contributed by atoms with Crippen molar-refractivity contribution in [2.45, 2.75) is 31.1 Å². The smallest absolute Gasteiger partial charge is 0.161 e. The van der Waals surface area contributed by atoms with Gasteiger partial charge in [-0.05, 0) is 47.2 Å². The summed E-state index contributed by atoms with van der Waals surface area (Å²) < 4.78 is 6.37. The largest absolute Gasteiger partial charge is 0.456 e. The zero-order valence-corrected chi connectivity index (χ0v) is 28.0. The third kappa shape index (κ3) is 6.12. The molecule has 0 aliphatic heterocycles. The number of allylic oxidation sites excluding steroid dienone is 8. The molecular formula is C46H37N3O. The molecule has 1 aromatic heterocycles. The van der Waals surface area contributed by atoms with Crippen LogP contribution in [0.2, 0.25) is 0 Å². The molecule has 8 rings (SSSR count). The average Bonchev–Trinajstić information content (AvgIpc) is 3.58. The van der Waals surface area contributed by atoms with Crippen LogP contribution >= 0.6 is 0 Å². The van der Waals surface area contributed by atoms with E-state index in [1.165, 1.54) is 16.7 Å². The van der Waals surface area contributed by atoms with E-state index in [2.05, 4.69) is 122 Å². The van der Waals surface area contributed by atoms with Crippen LogP contribution in [0.25, 0.3) is 27.5 Å². The molecule has 0 radical (unpaired) electrons. The van der Waals surface area contributed by atoms with Crippen molar-refractivity contribution >= 4 is 45.4 Å². The van der Waals surface area contributed by atoms with Gasteiger partial charge in [0.05, 0.1) is 0 Å². The van der Waals surface area contributed by atoms with E-state index in [9.17, 15) is 0 Å². The number of hydrogen-bond acceptors (Lipinski definition) is 2. The Balaban J connectivity index is 1.15. The quantitative estimate of drug-likeness (QED) is 0.142. The van der Waals surface area contributed by atoms with Crippen LogP contribution in [0.15, 0.2) is 178 Å². The highest BCUT2D eigenvalue weighted by Gasteiger charge is 2.25. The Hall–Kier alpha value is -6.13. The normalized spacial score (nSPS) is 19.0. The van der Waals surface area contributed by atoms with Crippen molar-refractivity contribution in [1.82, 2.24) is 0 Å². The third-order valence-electron chi connectivity index (χ3n) is 9.84. The number of furan rings is 1. The maximum absolute atomic E-state index is 8.85. The fraction of sp³-hybridized carbons (Fsp3) is 0.109. The number of amidine groups is 2. The fourth-order valence-electron chi connectivity index (χ4n) is 7.00. The zero-order valence-electron chi connectivity index (χ0n) is 28.0. The zero-order chi connectivity index (χ0) is 33.9. The monoisotopic (exact) mass is 647 g/mol. The molecule has 1 heterocycles. The van der Waals surface area contributed by atoms with Gasteiger partial charge in [0, 0.05) is 45.0 Å². The molecule has 242 valence electrons. The minimum atomic E-state index is -0.0227. The van der Waals surface area contributed by atoms with E-state index in [4.69, 9.17) is 19.8 Å². The highest BCUT2D eigenvalue weighted by molar-refractivity contribution is 6.18. The van der Waals surface area contributed by atoms with E-state index < -0.39 is 0 Å². The molecule has 4 nitrogen and oxygen atoms in total. The van der Waals surface area contributed by atoms with Crippen molar-refractivity contribution in [3.63, 3.8) is 0 Å². The Morgan fingerprint density at radius 1 is 0.780 bits per heavy atom. The molecule has 2 aliphatic carbocycles. The minimum absolute atomic E-state index is 0.0227. The van der Waals surface area contributed by atoms with E-state index in [0.29, 0.717) is 5.84 Å². The molecule has 2 atom stereocenters. The first kappa shape index (κ1) is 31.2. The molecule has 50 heavy (non-hydrogen) atoms. The van der Waals surface area contributed by atoms with Gasteiger partial charge in [-0.1, -0.05) is 159 Å². The highest BCUT2D eigenvalue weighted by Crippen LogP contribution is 2.39. The molecule has 0 bridgehead atoms. The molecule has 4 heteroatoms. The summed E-state index contributed by atoms with van der Waals surface area (Å²) in [5.41, 5.74) is 9.08. The number of nitrogens with one attached hydrogen (secondary N) is 1. The van der Waals surface area contributed by atoms with E-state index in [1.54, 1.807) is 0 Å². The van der Waals surface area contributed by atoms with Gasteiger partial charge in [0.25, 0.3) is 0 Å². The Labute approximate surface area is 292 Å². The third-order valence-corrected chi connectivity index (χ3v) is 9.84. The predicted octanol–water partition coefficient (Wildman–Crippen LogP) is 11.4. The molecule has 1 N–H and O–H groups in total. The molecule has 5 aromatic carbocycles. The van der Waals surface area contributed by atoms with E-state index in [0.717, 1.165) is 57.0 Å². The Morgan fingerprint density at radius 2 is 1.52 bits per heavy atom. The lowest BCUT2D eigenvalue weighted by molar-refractivity contribution is 0.601. The Morgan fingerprint density at radius 3 is 2.24 bits per heavy atom. The summed E-state index contributed by atoms with van der Waals surface area (Å²) in [6.45, 7) is 2.29. The minimum Gasteiger partial charge on any atom is -0.456 e. The van der Waals surface area contributed by atoms with Crippen LogP contribution < -0.4 is 0 Å². The van der Waals surface area contributed by atoms with Gasteiger partial charge in [0.2, 0.25) is 0 Å². The van der Waals surface area contributed by atoms with E-state index >= 15 is 0 Å². The summed E-state index contributed by atoms with van der Waals surface area (Å²) >= 11 is 0. The van der Waals surface area contributed by atoms with Crippen LogP contribution in [-0.4, -0.2) is 17.9 Å². The lowest BCUT2D eigenvalue weighted by Crippen LogP contribution is -2.19. The van der Waals surface area contributed by atoms with Crippen LogP contribution in [0.3, 0.4) is 0 Å². The number of nitrogens with zero attached hydrogens (tertiary/aromatic N) is 2. The van der Waals surface area contributed by atoms with Crippen molar-refractivity contribution < 1.29 is 4.42 Å². The maximum Gasteiger partial charge on any atom is 0.161 e. The van der Waals surface area contributed by atoms with Crippen molar-refractivity contribution in [2.24, 2.45) is 9.98 Å². The fourth-order valence-corrected chi connectivity index (χ4v) is 7.00. The average molecular weight is 648 g/mol. The molecule has 0 amide bonds. The second-order valence-electron chi connectivity index (χ2n) is 13.2. The van der Waals surface area contributed by atoms with Crippen LogP contribution in [0.4, 0.5) is 0 Å². The van der Waals surface area contributed by atoms with Crippen molar-refractivity contribution in [2.75, 3.05) is 0 Å². The van der Waals surface area contributed by atoms with E-state index in [1.807, 2.05) is 54.7 Å². The lowest BCUT2D eigenvalue weighted by atomic mass is 9.75. The van der Waals surface area contributed by atoms with Crippen molar-refractivity contribution in [3.05, 3.63) is 197 Å². The SMILES string of the molecule is CC1(c2ccccc2)C=CC(c2ccc(C(=N/C(=N)c3ccccc3)/N=C/c3cccc4oc5cccc(C6C=CC=CC6)c5c34)cc2)=CC1. The molecule has 0 spiro atoms. The summed E-state index contributed by atoms with van der Waals surface area (Å²) in [7, 11) is 0. The second-order valence-corrected chi connectivity index (χ2v) is 13.2. The van der Waals surface area contributed by atoms with Gasteiger partial charge >= 0.3 is 0 Å². The van der Waals surface area contributed by atoms with Gasteiger partial charge in [0.1, 0.15) is 11.2 Å². The number of rotatable bonds is 6. The summed E-state index contributed by atoms with van der Waals surface area (Å²) in [4.78, 5) is 9.77. The van der Waals surface area contributed by atoms with Crippen LogP contribution in [0.5, 0.6) is 0 Å². The van der Waals surface area contributed by atoms with Gasteiger partial charge in [-0.15, -0.1) is 0 Å². The first-order valence-electron chi connectivity index (χ1n) is 17.2. The van der Waals surface area contributed by atoms with Gasteiger partial charge in [-0.2, -0.15) is 0 Å². The number of aliphatic imine (C=N–C) groups is 2. The number of fused-ring (bicyclic) bond motifs is 3. The van der Waals surface area contributed by atoms with Gasteiger partial charge < -0.3 is 4.42 Å². The summed E-state index contributed by atoms with van der Waals surface area (Å²) in [6, 6.07) is 41.0. The van der Waals surface area contributed by atoms with Crippen LogP contribution in [0.1, 0.15) is 59.1 Å². The molecule has 0 saturated heterocycles. The maximum atomic E-state index is 8.85. The first-order chi connectivity index (χ1) is 24.6. The molecule has 0 fully saturated rings. The highest BCUT2D eigenvalue weighted by atomic mass is 16.3. The van der Waals surface area contributed by atoms with Gasteiger partial charge in [0.15, 0.2) is 11.7 Å². The Kier molecular flexibility index (Phi) is 8.35. The van der Waals surface area contributed by atoms with Crippen LogP contribution in [0, 0.1) is 5.41 Å². The van der Waals surface area contributed by atoms with Crippen LogP contribution in [-0.2, 0) is 5.41 Å². The summed E-state index contributed by atoms with van der Waals surface area (Å²) in [5.74, 6) is 0.907.